The summed E-state index contributed by atoms with van der Waals surface area (Å²) in [6, 6.07) is 0. The van der Waals surface area contributed by atoms with Gasteiger partial charge in [0.2, 0.25) is 0 Å². The molecule has 0 unspecified atom stereocenters. The van der Waals surface area contributed by atoms with Gasteiger partial charge in [0.05, 0.1) is 13.6 Å². The summed E-state index contributed by atoms with van der Waals surface area (Å²) in [5.41, 5.74) is 0. The average Bonchev–Trinajstić information content (AvgIpc) is 2.18. The van der Waals surface area contributed by atoms with Gasteiger partial charge in [-0.25, -0.2) is 9.13 Å². The van der Waals surface area contributed by atoms with Crippen molar-refractivity contribution in [2.45, 2.75) is 27.3 Å². The van der Waals surface area contributed by atoms with Crippen molar-refractivity contribution in [1.82, 2.24) is 4.57 Å². The third-order valence-electron chi connectivity index (χ3n) is 1.96. The molecule has 0 spiro atoms. The van der Waals surface area contributed by atoms with Crippen LogP contribution in [0.5, 0.6) is 0 Å². The first-order valence-electron chi connectivity index (χ1n) is 4.12. The molecule has 0 atom stereocenters. The van der Waals surface area contributed by atoms with Gasteiger partial charge in [0, 0.05) is 6.92 Å². The zero-order valence-electron chi connectivity index (χ0n) is 7.83. The normalized spacial score (nSPS) is 11.0. The topological polar surface area (TPSA) is 8.81 Å². The number of hydrogen-bond donors (Lipinski definition) is 0. The van der Waals surface area contributed by atoms with Crippen molar-refractivity contribution in [2.75, 3.05) is 0 Å². The molecule has 0 saturated carbocycles. The van der Waals surface area contributed by atoms with Crippen LogP contribution < -0.4 is 4.57 Å². The van der Waals surface area contributed by atoms with E-state index in [2.05, 4.69) is 49.3 Å². The van der Waals surface area contributed by atoms with E-state index in [4.69, 9.17) is 0 Å². The fourth-order valence-electron chi connectivity index (χ4n) is 1.19. The Hall–Kier alpha value is -0.790. The van der Waals surface area contributed by atoms with E-state index in [9.17, 15) is 0 Å². The van der Waals surface area contributed by atoms with Gasteiger partial charge < -0.3 is 0 Å². The van der Waals surface area contributed by atoms with Crippen molar-refractivity contribution >= 4 is 0 Å². The lowest BCUT2D eigenvalue weighted by molar-refractivity contribution is -0.677. The van der Waals surface area contributed by atoms with E-state index in [1.807, 2.05) is 0 Å². The van der Waals surface area contributed by atoms with Crippen LogP contribution in [-0.2, 0) is 13.6 Å². The maximum Gasteiger partial charge on any atom is 0.253 e. The van der Waals surface area contributed by atoms with E-state index in [1.165, 1.54) is 5.82 Å². The highest BCUT2D eigenvalue weighted by Crippen LogP contribution is 2.00. The molecule has 0 bridgehead atoms. The van der Waals surface area contributed by atoms with Crippen LogP contribution in [-0.4, -0.2) is 4.57 Å². The van der Waals surface area contributed by atoms with Crippen molar-refractivity contribution in [2.24, 2.45) is 13.0 Å². The van der Waals surface area contributed by atoms with Crippen molar-refractivity contribution in [3.05, 3.63) is 18.2 Å². The van der Waals surface area contributed by atoms with E-state index < -0.39 is 0 Å². The molecular weight excluding hydrogens is 136 g/mol. The lowest BCUT2D eigenvalue weighted by Crippen LogP contribution is -2.30. The summed E-state index contributed by atoms with van der Waals surface area (Å²) in [5.74, 6) is 2.04. The van der Waals surface area contributed by atoms with E-state index in [0.717, 1.165) is 12.5 Å². The Morgan fingerprint density at radius 1 is 1.55 bits per heavy atom. The minimum absolute atomic E-state index is 0.723. The third-order valence-corrected chi connectivity index (χ3v) is 1.96. The van der Waals surface area contributed by atoms with Crippen LogP contribution in [0, 0.1) is 12.8 Å². The van der Waals surface area contributed by atoms with Crippen molar-refractivity contribution in [1.29, 1.82) is 0 Å². The molecule has 1 aromatic heterocycles. The Kier molecular flexibility index (Phi) is 2.32. The van der Waals surface area contributed by atoms with Crippen LogP contribution >= 0.6 is 0 Å². The molecular formula is C9H17N2+. The van der Waals surface area contributed by atoms with Gasteiger partial charge in [-0.3, -0.25) is 0 Å². The molecule has 2 nitrogen and oxygen atoms in total. The van der Waals surface area contributed by atoms with Crippen molar-refractivity contribution in [3.8, 4) is 0 Å². The van der Waals surface area contributed by atoms with Crippen LogP contribution in [0.3, 0.4) is 0 Å². The quantitative estimate of drug-likeness (QED) is 0.566. The summed E-state index contributed by atoms with van der Waals surface area (Å²) in [6.45, 7) is 7.73. The lowest BCUT2D eigenvalue weighted by Gasteiger charge is -2.01. The second-order valence-electron chi connectivity index (χ2n) is 3.50. The Balaban J connectivity index is 2.79. The van der Waals surface area contributed by atoms with Crippen LogP contribution in [0.25, 0.3) is 0 Å². The molecule has 0 aliphatic heterocycles. The maximum absolute atomic E-state index is 2.28. The molecule has 0 N–H and O–H groups in total. The van der Waals surface area contributed by atoms with Gasteiger partial charge in [0.15, 0.2) is 0 Å². The molecule has 0 amide bonds. The Morgan fingerprint density at radius 2 is 2.18 bits per heavy atom. The summed E-state index contributed by atoms with van der Waals surface area (Å²) in [7, 11) is 2.08. The number of nitrogens with zero attached hydrogens (tertiary/aromatic N) is 2. The van der Waals surface area contributed by atoms with Gasteiger partial charge in [-0.1, -0.05) is 13.8 Å². The predicted molar refractivity (Wildman–Crippen MR) is 45.2 cm³/mol. The minimum atomic E-state index is 0.723. The third kappa shape index (κ3) is 1.82. The van der Waals surface area contributed by atoms with Gasteiger partial charge in [0.1, 0.15) is 12.4 Å². The fraction of sp³-hybridized carbons (Fsp3) is 0.667. The van der Waals surface area contributed by atoms with Crippen LogP contribution in [0.15, 0.2) is 12.4 Å². The van der Waals surface area contributed by atoms with E-state index in [-0.39, 0.29) is 0 Å². The Labute approximate surface area is 68.5 Å². The van der Waals surface area contributed by atoms with E-state index in [1.54, 1.807) is 0 Å². The molecule has 0 aromatic carbocycles. The van der Waals surface area contributed by atoms with E-state index >= 15 is 0 Å². The molecule has 0 fully saturated rings. The second-order valence-corrected chi connectivity index (χ2v) is 3.50. The SMILES string of the molecule is Cc1n(CC(C)C)cc[n+]1C. The smallest absolute Gasteiger partial charge is 0.237 e. The summed E-state index contributed by atoms with van der Waals surface area (Å²) < 4.78 is 4.42. The highest BCUT2D eigenvalue weighted by atomic mass is 15.1. The molecule has 1 rings (SSSR count). The Bertz CT molecular complexity index is 236. The largest absolute Gasteiger partial charge is 0.253 e. The average molecular weight is 153 g/mol. The Morgan fingerprint density at radius 3 is 2.55 bits per heavy atom. The molecule has 62 valence electrons. The van der Waals surface area contributed by atoms with Gasteiger partial charge in [-0.2, -0.15) is 0 Å². The molecule has 0 radical (unpaired) electrons. The zero-order chi connectivity index (χ0) is 8.43. The highest BCUT2D eigenvalue weighted by Gasteiger charge is 2.08. The highest BCUT2D eigenvalue weighted by molar-refractivity contribution is 4.79. The van der Waals surface area contributed by atoms with Gasteiger partial charge in [-0.05, 0) is 5.92 Å². The predicted octanol–water partition coefficient (Wildman–Crippen LogP) is 1.28. The summed E-state index contributed by atoms with van der Waals surface area (Å²) in [6.07, 6.45) is 4.23. The van der Waals surface area contributed by atoms with Crippen LogP contribution in [0.2, 0.25) is 0 Å². The molecule has 0 aliphatic rings. The fourth-order valence-corrected chi connectivity index (χ4v) is 1.19. The molecule has 1 aromatic rings. The van der Waals surface area contributed by atoms with Crippen molar-refractivity contribution in [3.63, 3.8) is 0 Å². The molecule has 11 heavy (non-hydrogen) atoms. The number of rotatable bonds is 2. The number of aryl methyl sites for hydroxylation is 1. The first-order chi connectivity index (χ1) is 5.11. The second kappa shape index (κ2) is 3.07. The summed E-state index contributed by atoms with van der Waals surface area (Å²) >= 11 is 0. The van der Waals surface area contributed by atoms with Crippen LogP contribution in [0.4, 0.5) is 0 Å². The lowest BCUT2D eigenvalue weighted by atomic mass is 10.2. The first kappa shape index (κ1) is 8.31. The van der Waals surface area contributed by atoms with E-state index in [0.29, 0.717) is 0 Å². The summed E-state index contributed by atoms with van der Waals surface area (Å²) in [4.78, 5) is 0. The molecule has 2 heteroatoms. The first-order valence-corrected chi connectivity index (χ1v) is 4.12. The van der Waals surface area contributed by atoms with Gasteiger partial charge in [-0.15, -0.1) is 0 Å². The standard InChI is InChI=1S/C9H17N2/c1-8(2)7-11-6-5-10(4)9(11)3/h5-6,8H,7H2,1-4H3/q+1. The van der Waals surface area contributed by atoms with Crippen molar-refractivity contribution < 1.29 is 4.57 Å². The molecule has 0 aliphatic carbocycles. The molecule has 1 heterocycles. The van der Waals surface area contributed by atoms with Crippen LogP contribution in [0.1, 0.15) is 19.7 Å². The zero-order valence-corrected chi connectivity index (χ0v) is 7.83. The minimum Gasteiger partial charge on any atom is -0.237 e. The molecule has 0 saturated heterocycles. The number of aromatic nitrogens is 2. The van der Waals surface area contributed by atoms with Gasteiger partial charge >= 0.3 is 0 Å². The maximum atomic E-state index is 2.28. The summed E-state index contributed by atoms with van der Waals surface area (Å²) in [5, 5.41) is 0. The van der Waals surface area contributed by atoms with Gasteiger partial charge in [0.25, 0.3) is 5.82 Å². The monoisotopic (exact) mass is 153 g/mol. The number of hydrogen-bond acceptors (Lipinski definition) is 0. The number of imidazole rings is 1.